The first-order chi connectivity index (χ1) is 36.9. The van der Waals surface area contributed by atoms with Crippen LogP contribution in [0.25, 0.3) is 94.0 Å². The molecular weight excluding hydrogens is 1070 g/mol. The second-order valence-corrected chi connectivity index (χ2v) is 23.0. The molecular formula is C68H63IrN3O-2. The van der Waals surface area contributed by atoms with Crippen molar-refractivity contribution >= 4 is 54.5 Å². The molecule has 14 rings (SSSR count). The molecule has 0 spiro atoms. The van der Waals surface area contributed by atoms with E-state index in [0.717, 1.165) is 60.5 Å². The van der Waals surface area contributed by atoms with Crippen LogP contribution in [0.3, 0.4) is 0 Å². The first kappa shape index (κ1) is 41.8. The molecule has 0 N–H and O–H groups in total. The van der Waals surface area contributed by atoms with Crippen LogP contribution in [0.2, 0.25) is 0 Å². The third-order valence-electron chi connectivity index (χ3n) is 16.1. The van der Waals surface area contributed by atoms with Gasteiger partial charge in [0.05, 0.1) is 28.1 Å². The summed E-state index contributed by atoms with van der Waals surface area (Å²) in [5.74, 6) is 0.659. The molecule has 3 aliphatic rings. The van der Waals surface area contributed by atoms with Gasteiger partial charge in [-0.2, -0.15) is 0 Å². The number of para-hydroxylation sites is 3. The number of imidazole rings is 1. The standard InChI is InChI=1S/C52H45N2O.C16H18N.Ir/c1-31-18-22-37(48-46(31)39-28-33-20-19-32-12-7-8-13-35(32)38(33)30-45(39)55-48)49-53-43-16-9-10-17-44(43)54(49)47-36(14-11-15-41(47)50(2,3)4)34-21-23-40-42(29-34)52(6)26-24-51(40,5)25-27-52;1-12-5-7-13(8-6-12)15-11-14(9-10-17-15)16(2,3)4;/h7-21,23,28-30H,24-27H2,1-6H3;5-7,9-11H,1-4H3;/q2*-1;/i2*1D3;. The number of aromatic nitrogens is 3. The van der Waals surface area contributed by atoms with Crippen LogP contribution >= 0.6 is 0 Å². The fourth-order valence-electron chi connectivity index (χ4n) is 11.8. The van der Waals surface area contributed by atoms with Crippen LogP contribution in [0.5, 0.6) is 0 Å². The number of hydrogen-bond acceptors (Lipinski definition) is 3. The van der Waals surface area contributed by atoms with Gasteiger partial charge in [0.25, 0.3) is 0 Å². The van der Waals surface area contributed by atoms with Crippen LogP contribution in [-0.2, 0) is 41.8 Å². The average Bonchev–Trinajstić information content (AvgIpc) is 4.17. The Bertz CT molecular complexity index is 4180. The van der Waals surface area contributed by atoms with Crippen molar-refractivity contribution in [2.24, 2.45) is 0 Å². The molecule has 73 heavy (non-hydrogen) atoms. The predicted molar refractivity (Wildman–Crippen MR) is 302 cm³/mol. The first-order valence-corrected chi connectivity index (χ1v) is 25.4. The Balaban J connectivity index is 0.000000267. The third-order valence-corrected chi connectivity index (χ3v) is 16.1. The van der Waals surface area contributed by atoms with Gasteiger partial charge >= 0.3 is 0 Å². The molecule has 1 radical (unpaired) electrons. The first-order valence-electron chi connectivity index (χ1n) is 28.4. The summed E-state index contributed by atoms with van der Waals surface area (Å²) >= 11 is 0. The normalized spacial score (nSPS) is 19.1. The Labute approximate surface area is 452 Å². The predicted octanol–water partition coefficient (Wildman–Crippen LogP) is 18.2. The van der Waals surface area contributed by atoms with E-state index < -0.39 is 13.7 Å². The maximum Gasteiger partial charge on any atom is 0.121 e. The van der Waals surface area contributed by atoms with E-state index in [4.69, 9.17) is 17.6 Å². The van der Waals surface area contributed by atoms with Gasteiger partial charge in [-0.15, -0.1) is 53.1 Å². The van der Waals surface area contributed by atoms with Gasteiger partial charge in [0.15, 0.2) is 0 Å². The van der Waals surface area contributed by atoms with Crippen molar-refractivity contribution in [2.45, 2.75) is 116 Å². The van der Waals surface area contributed by atoms with Gasteiger partial charge in [-0.1, -0.05) is 171 Å². The summed E-state index contributed by atoms with van der Waals surface area (Å²) in [6.45, 7) is 13.7. The topological polar surface area (TPSA) is 43.9 Å². The fourth-order valence-corrected chi connectivity index (χ4v) is 11.8. The Morgan fingerprint density at radius 3 is 2.18 bits per heavy atom. The molecule has 367 valence electrons. The van der Waals surface area contributed by atoms with Crippen molar-refractivity contribution in [3.8, 4) is 39.5 Å². The van der Waals surface area contributed by atoms with E-state index in [1.165, 1.54) is 59.6 Å². The van der Waals surface area contributed by atoms with E-state index in [0.29, 0.717) is 33.5 Å². The number of rotatable bonds is 4. The van der Waals surface area contributed by atoms with E-state index in [-0.39, 0.29) is 47.3 Å². The molecule has 11 aromatic rings. The number of benzene rings is 8. The quantitative estimate of drug-likeness (QED) is 0.130. The molecule has 4 nitrogen and oxygen atoms in total. The largest absolute Gasteiger partial charge is 0.501 e. The number of aryl methyl sites for hydroxylation is 2. The van der Waals surface area contributed by atoms with E-state index >= 15 is 0 Å². The van der Waals surface area contributed by atoms with Crippen LogP contribution in [0, 0.1) is 25.8 Å². The summed E-state index contributed by atoms with van der Waals surface area (Å²) in [7, 11) is 0. The van der Waals surface area contributed by atoms with E-state index in [1.807, 2.05) is 30.3 Å². The Kier molecular flexibility index (Phi) is 10.2. The molecule has 1 fully saturated rings. The molecule has 3 heterocycles. The van der Waals surface area contributed by atoms with Crippen LogP contribution in [0.15, 0.2) is 156 Å². The second-order valence-electron chi connectivity index (χ2n) is 23.0. The van der Waals surface area contributed by atoms with E-state index in [1.54, 1.807) is 24.4 Å². The molecule has 0 atom stereocenters. The maximum absolute atomic E-state index is 8.67. The van der Waals surface area contributed by atoms with Crippen molar-refractivity contribution in [3.05, 3.63) is 197 Å². The number of fused-ring (bicyclic) bond motifs is 9. The van der Waals surface area contributed by atoms with Crippen LogP contribution < -0.4 is 0 Å². The van der Waals surface area contributed by atoms with Crippen molar-refractivity contribution in [2.75, 3.05) is 0 Å². The van der Waals surface area contributed by atoms with Crippen molar-refractivity contribution in [3.63, 3.8) is 0 Å². The molecule has 3 aromatic heterocycles. The zero-order chi connectivity index (χ0) is 54.9. The molecule has 0 amide bonds. The van der Waals surface area contributed by atoms with Crippen molar-refractivity contribution < 1.29 is 32.7 Å². The van der Waals surface area contributed by atoms with Gasteiger partial charge < -0.3 is 14.0 Å². The van der Waals surface area contributed by atoms with Crippen LogP contribution in [-0.4, -0.2) is 14.5 Å². The zero-order valence-corrected chi connectivity index (χ0v) is 45.2. The van der Waals surface area contributed by atoms with E-state index in [9.17, 15) is 0 Å². The molecule has 0 saturated heterocycles. The maximum atomic E-state index is 8.67. The molecule has 0 aliphatic heterocycles. The van der Waals surface area contributed by atoms with Gasteiger partial charge in [-0.25, -0.2) is 0 Å². The second kappa shape index (κ2) is 17.8. The smallest absolute Gasteiger partial charge is 0.121 e. The molecule has 1 saturated carbocycles. The minimum atomic E-state index is -2.39. The fraction of sp³-hybridized carbons (Fsp3) is 0.265. The van der Waals surface area contributed by atoms with Crippen LogP contribution in [0.1, 0.15) is 123 Å². The Morgan fingerprint density at radius 1 is 0.658 bits per heavy atom. The average molecular weight is 1140 g/mol. The minimum absolute atomic E-state index is 0. The number of hydrogen-bond donors (Lipinski definition) is 0. The minimum Gasteiger partial charge on any atom is -0.501 e. The summed E-state index contributed by atoms with van der Waals surface area (Å²) in [5.41, 5.74) is 14.6. The van der Waals surface area contributed by atoms with Gasteiger partial charge in [-0.05, 0) is 133 Å². The molecule has 2 bridgehead atoms. The summed E-state index contributed by atoms with van der Waals surface area (Å²) < 4.78 is 57.3. The van der Waals surface area contributed by atoms with Gasteiger partial charge in [0.1, 0.15) is 5.58 Å². The number of furan rings is 1. The third kappa shape index (κ3) is 8.24. The van der Waals surface area contributed by atoms with Crippen molar-refractivity contribution in [1.29, 1.82) is 0 Å². The molecule has 3 aliphatic carbocycles. The molecule has 8 aromatic carbocycles. The summed E-state index contributed by atoms with van der Waals surface area (Å²) in [6, 6.07) is 55.9. The SMILES string of the molecule is [2H]C([2H])([2H])c1c[c-]c(-c2cc(C(C)(C)C)ccn2)cc1.[2H]C([2H])([2H])c1c[c-]c(-c2nc3ccccc3n2-c2c(-c3ccc4c(c3)C3(C)CCC4(C)CC3)cccc2C(C)(C)C)c2oc3cc4c(ccc5ccccc54)cc3c12.[Ir]. The Hall–Kier alpha value is -6.65. The molecule has 5 heteroatoms. The van der Waals surface area contributed by atoms with Gasteiger partial charge in [-0.3, -0.25) is 4.98 Å². The van der Waals surface area contributed by atoms with Gasteiger partial charge in [0.2, 0.25) is 0 Å². The zero-order valence-electron chi connectivity index (χ0n) is 48.8. The number of pyridine rings is 1. The van der Waals surface area contributed by atoms with Crippen LogP contribution in [0.4, 0.5) is 0 Å². The summed E-state index contributed by atoms with van der Waals surface area (Å²) in [6.07, 6.45) is 6.69. The van der Waals surface area contributed by atoms with E-state index in [2.05, 4.69) is 168 Å². The number of nitrogens with zero attached hydrogens (tertiary/aromatic N) is 3. The summed E-state index contributed by atoms with van der Waals surface area (Å²) in [4.78, 5) is 9.72. The molecule has 0 unspecified atom stereocenters. The van der Waals surface area contributed by atoms with Crippen molar-refractivity contribution in [1.82, 2.24) is 14.5 Å². The monoisotopic (exact) mass is 1140 g/mol. The van der Waals surface area contributed by atoms with Gasteiger partial charge in [0, 0.05) is 45.5 Å². The Morgan fingerprint density at radius 2 is 1.42 bits per heavy atom. The summed E-state index contributed by atoms with van der Waals surface area (Å²) in [5, 5.41) is 5.69.